The Balaban J connectivity index is 2.36. The van der Waals surface area contributed by atoms with Crippen LogP contribution < -0.4 is 9.47 Å². The smallest absolute Gasteiger partial charge is 0.204 e. The highest BCUT2D eigenvalue weighted by Crippen LogP contribution is 2.28. The molecule has 0 amide bonds. The van der Waals surface area contributed by atoms with Gasteiger partial charge >= 0.3 is 0 Å². The van der Waals surface area contributed by atoms with Crippen LogP contribution in [-0.4, -0.2) is 13.2 Å². The summed E-state index contributed by atoms with van der Waals surface area (Å²) in [5, 5.41) is 0. The molecule has 0 fully saturated rings. The first-order valence-electron chi connectivity index (χ1n) is 8.44. The molecule has 0 aliphatic heterocycles. The van der Waals surface area contributed by atoms with Gasteiger partial charge in [-0.2, -0.15) is 8.78 Å². The summed E-state index contributed by atoms with van der Waals surface area (Å²) in [6.07, 6.45) is 8.54. The van der Waals surface area contributed by atoms with Crippen molar-refractivity contribution in [2.75, 3.05) is 13.2 Å². The zero-order chi connectivity index (χ0) is 16.2. The molecule has 2 nitrogen and oxygen atoms in total. The van der Waals surface area contributed by atoms with Gasteiger partial charge in [-0.05, 0) is 25.0 Å². The lowest BCUT2D eigenvalue weighted by atomic mass is 10.1. The molecule has 0 aliphatic rings. The Hall–Kier alpha value is -1.32. The number of benzene rings is 1. The molecule has 22 heavy (non-hydrogen) atoms. The van der Waals surface area contributed by atoms with Gasteiger partial charge in [-0.25, -0.2) is 0 Å². The number of ether oxygens (including phenoxy) is 2. The van der Waals surface area contributed by atoms with E-state index in [1.165, 1.54) is 31.4 Å². The normalized spacial score (nSPS) is 10.7. The Bertz CT molecular complexity index is 422. The van der Waals surface area contributed by atoms with E-state index in [0.29, 0.717) is 13.2 Å². The third-order valence-corrected chi connectivity index (χ3v) is 3.52. The molecule has 0 bridgehead atoms. The van der Waals surface area contributed by atoms with Crippen molar-refractivity contribution in [1.29, 1.82) is 0 Å². The predicted octanol–water partition coefficient (Wildman–Crippen LogP) is 5.88. The maximum absolute atomic E-state index is 13.9. The quantitative estimate of drug-likeness (QED) is 0.448. The number of unbranched alkanes of at least 4 members (excludes halogenated alkanes) is 6. The summed E-state index contributed by atoms with van der Waals surface area (Å²) in [4.78, 5) is 0. The van der Waals surface area contributed by atoms with Gasteiger partial charge in [0.2, 0.25) is 11.6 Å². The lowest BCUT2D eigenvalue weighted by Crippen LogP contribution is -2.04. The van der Waals surface area contributed by atoms with E-state index in [0.717, 1.165) is 32.1 Å². The van der Waals surface area contributed by atoms with Gasteiger partial charge < -0.3 is 9.47 Å². The fourth-order valence-electron chi connectivity index (χ4n) is 2.13. The molecule has 0 unspecified atom stereocenters. The molecule has 1 aromatic rings. The van der Waals surface area contributed by atoms with E-state index in [9.17, 15) is 8.78 Å². The van der Waals surface area contributed by atoms with Crippen LogP contribution in [-0.2, 0) is 0 Å². The third-order valence-electron chi connectivity index (χ3n) is 3.52. The number of rotatable bonds is 12. The molecule has 0 radical (unpaired) electrons. The summed E-state index contributed by atoms with van der Waals surface area (Å²) in [5.41, 5.74) is 0. The van der Waals surface area contributed by atoms with Crippen LogP contribution in [0.3, 0.4) is 0 Å². The van der Waals surface area contributed by atoms with Crippen molar-refractivity contribution in [2.45, 2.75) is 65.2 Å². The van der Waals surface area contributed by atoms with Gasteiger partial charge in [-0.15, -0.1) is 0 Å². The first-order chi connectivity index (χ1) is 10.7. The molecule has 4 heteroatoms. The number of halogens is 2. The molecule has 0 N–H and O–H groups in total. The van der Waals surface area contributed by atoms with Crippen molar-refractivity contribution >= 4 is 0 Å². The monoisotopic (exact) mass is 314 g/mol. The zero-order valence-electron chi connectivity index (χ0n) is 13.8. The van der Waals surface area contributed by atoms with Crippen LogP contribution in [0.5, 0.6) is 11.5 Å². The summed E-state index contributed by atoms with van der Waals surface area (Å²) in [6, 6.07) is 2.88. The molecule has 0 saturated heterocycles. The van der Waals surface area contributed by atoms with Crippen LogP contribution in [0.1, 0.15) is 65.2 Å². The Labute approximate surface area is 132 Å². The van der Waals surface area contributed by atoms with Gasteiger partial charge in [0.25, 0.3) is 0 Å². The van der Waals surface area contributed by atoms with Crippen LogP contribution in [0.2, 0.25) is 0 Å². The lowest BCUT2D eigenvalue weighted by molar-refractivity contribution is 0.268. The maximum atomic E-state index is 13.9. The molecule has 0 aromatic heterocycles. The second-order valence-electron chi connectivity index (χ2n) is 5.51. The SMILES string of the molecule is CCCCCCCCOc1ccc(OCCCC)c(F)c1F. The molecular formula is C18H28F2O2. The summed E-state index contributed by atoms with van der Waals surface area (Å²) < 4.78 is 38.2. The Morgan fingerprint density at radius 1 is 0.682 bits per heavy atom. The van der Waals surface area contributed by atoms with Gasteiger partial charge in [0, 0.05) is 0 Å². The van der Waals surface area contributed by atoms with Crippen LogP contribution in [0, 0.1) is 11.6 Å². The molecule has 0 saturated carbocycles. The molecule has 0 atom stereocenters. The van der Waals surface area contributed by atoms with Crippen molar-refractivity contribution in [3.05, 3.63) is 23.8 Å². The zero-order valence-corrected chi connectivity index (χ0v) is 13.8. The van der Waals surface area contributed by atoms with Gasteiger partial charge in [0.05, 0.1) is 13.2 Å². The molecule has 0 spiro atoms. The van der Waals surface area contributed by atoms with Crippen molar-refractivity contribution in [1.82, 2.24) is 0 Å². The largest absolute Gasteiger partial charge is 0.490 e. The summed E-state index contributed by atoms with van der Waals surface area (Å²) in [6.45, 7) is 5.00. The molecular weight excluding hydrogens is 286 g/mol. The van der Waals surface area contributed by atoms with E-state index >= 15 is 0 Å². The van der Waals surface area contributed by atoms with Gasteiger partial charge in [0.15, 0.2) is 11.5 Å². The Morgan fingerprint density at radius 3 is 1.68 bits per heavy atom. The molecule has 126 valence electrons. The van der Waals surface area contributed by atoms with Gasteiger partial charge in [-0.1, -0.05) is 52.4 Å². The van der Waals surface area contributed by atoms with E-state index in [2.05, 4.69) is 6.92 Å². The minimum atomic E-state index is -0.962. The summed E-state index contributed by atoms with van der Waals surface area (Å²) in [5.74, 6) is -2.00. The molecule has 0 heterocycles. The molecule has 0 aliphatic carbocycles. The fourth-order valence-corrected chi connectivity index (χ4v) is 2.13. The predicted molar refractivity (Wildman–Crippen MR) is 85.6 cm³/mol. The molecule has 1 rings (SSSR count). The summed E-state index contributed by atoms with van der Waals surface area (Å²) in [7, 11) is 0. The highest BCUT2D eigenvalue weighted by Gasteiger charge is 2.15. The van der Waals surface area contributed by atoms with Crippen LogP contribution in [0.15, 0.2) is 12.1 Å². The van der Waals surface area contributed by atoms with Crippen LogP contribution in [0.25, 0.3) is 0 Å². The number of hydrogen-bond donors (Lipinski definition) is 0. The lowest BCUT2D eigenvalue weighted by Gasteiger charge is -2.11. The third kappa shape index (κ3) is 6.63. The topological polar surface area (TPSA) is 18.5 Å². The minimum absolute atomic E-state index is 0.0334. The second kappa shape index (κ2) is 11.3. The average molecular weight is 314 g/mol. The average Bonchev–Trinajstić information content (AvgIpc) is 2.52. The highest BCUT2D eigenvalue weighted by molar-refractivity contribution is 5.35. The second-order valence-corrected chi connectivity index (χ2v) is 5.51. The number of hydrogen-bond acceptors (Lipinski definition) is 2. The fraction of sp³-hybridized carbons (Fsp3) is 0.667. The van der Waals surface area contributed by atoms with Crippen molar-refractivity contribution in [2.24, 2.45) is 0 Å². The highest BCUT2D eigenvalue weighted by atomic mass is 19.2. The first-order valence-corrected chi connectivity index (χ1v) is 8.44. The van der Waals surface area contributed by atoms with Crippen molar-refractivity contribution in [3.8, 4) is 11.5 Å². The Morgan fingerprint density at radius 2 is 1.14 bits per heavy atom. The Kier molecular flexibility index (Phi) is 9.60. The van der Waals surface area contributed by atoms with Crippen LogP contribution in [0.4, 0.5) is 8.78 Å². The minimum Gasteiger partial charge on any atom is -0.490 e. The van der Waals surface area contributed by atoms with E-state index < -0.39 is 11.6 Å². The summed E-state index contributed by atoms with van der Waals surface area (Å²) >= 11 is 0. The van der Waals surface area contributed by atoms with E-state index in [-0.39, 0.29) is 11.5 Å². The van der Waals surface area contributed by atoms with E-state index in [1.807, 2.05) is 6.92 Å². The standard InChI is InChI=1S/C18H28F2O2/c1-3-5-7-8-9-10-14-22-16-12-11-15(17(19)18(16)20)21-13-6-4-2/h11-12H,3-10,13-14H2,1-2H3. The van der Waals surface area contributed by atoms with Crippen molar-refractivity contribution < 1.29 is 18.3 Å². The van der Waals surface area contributed by atoms with Crippen molar-refractivity contribution in [3.63, 3.8) is 0 Å². The maximum Gasteiger partial charge on any atom is 0.204 e. The first kappa shape index (κ1) is 18.7. The van der Waals surface area contributed by atoms with Gasteiger partial charge in [-0.3, -0.25) is 0 Å². The molecule has 1 aromatic carbocycles. The van der Waals surface area contributed by atoms with E-state index in [4.69, 9.17) is 9.47 Å². The van der Waals surface area contributed by atoms with E-state index in [1.54, 1.807) is 0 Å². The van der Waals surface area contributed by atoms with Gasteiger partial charge in [0.1, 0.15) is 0 Å². The van der Waals surface area contributed by atoms with Crippen LogP contribution >= 0.6 is 0 Å².